The van der Waals surface area contributed by atoms with Crippen LogP contribution in [0.1, 0.15) is 11.9 Å². The molecule has 0 aromatic heterocycles. The van der Waals surface area contributed by atoms with Crippen LogP contribution in [0, 0.1) is 17.5 Å². The fourth-order valence-corrected chi connectivity index (χ4v) is 1.31. The number of halogens is 4. The normalized spacial score (nSPS) is 12.5. The van der Waals surface area contributed by atoms with Crippen LogP contribution in [0.4, 0.5) is 17.6 Å². The largest absolute Gasteiger partial charge is 0.274 e. The van der Waals surface area contributed by atoms with Gasteiger partial charge in [0.1, 0.15) is 0 Å². The Labute approximate surface area is 94.3 Å². The summed E-state index contributed by atoms with van der Waals surface area (Å²) < 4.78 is 56.1. The molecule has 0 bridgehead atoms. The molecule has 1 unspecified atom stereocenters. The summed E-state index contributed by atoms with van der Waals surface area (Å²) in [6.07, 6.45) is -0.695. The summed E-state index contributed by atoms with van der Waals surface area (Å²) >= 11 is 0.699. The molecule has 0 spiro atoms. The molecule has 0 fully saturated rings. The van der Waals surface area contributed by atoms with Gasteiger partial charge in [-0.05, 0) is 24.2 Å². The molecule has 1 atom stereocenters. The quantitative estimate of drug-likeness (QED) is 0.258. The van der Waals surface area contributed by atoms with E-state index in [1.165, 1.54) is 6.08 Å². The minimum Gasteiger partial charge on any atom is -0.274 e. The SMILES string of the molecule is C=CCSOC(F)c1ccc(F)c(F)c1F. The summed E-state index contributed by atoms with van der Waals surface area (Å²) in [5.74, 6) is -4.36. The van der Waals surface area contributed by atoms with Crippen molar-refractivity contribution in [3.8, 4) is 0 Å². The molecular weight excluding hydrogens is 244 g/mol. The van der Waals surface area contributed by atoms with Crippen LogP contribution in [0.3, 0.4) is 0 Å². The highest BCUT2D eigenvalue weighted by Crippen LogP contribution is 2.28. The van der Waals surface area contributed by atoms with E-state index in [-0.39, 0.29) is 0 Å². The van der Waals surface area contributed by atoms with Crippen molar-refractivity contribution < 1.29 is 21.7 Å². The molecule has 0 aliphatic carbocycles. The van der Waals surface area contributed by atoms with E-state index >= 15 is 0 Å². The molecule has 0 N–H and O–H groups in total. The van der Waals surface area contributed by atoms with Crippen LogP contribution in [0.15, 0.2) is 24.8 Å². The van der Waals surface area contributed by atoms with Gasteiger partial charge in [-0.2, -0.15) is 0 Å². The molecule has 16 heavy (non-hydrogen) atoms. The Bertz CT molecular complexity index is 383. The van der Waals surface area contributed by atoms with Gasteiger partial charge in [0, 0.05) is 5.75 Å². The van der Waals surface area contributed by atoms with Crippen molar-refractivity contribution in [3.63, 3.8) is 0 Å². The highest BCUT2D eigenvalue weighted by Gasteiger charge is 2.21. The average molecular weight is 252 g/mol. The molecule has 0 radical (unpaired) electrons. The zero-order chi connectivity index (χ0) is 12.1. The zero-order valence-corrected chi connectivity index (χ0v) is 8.87. The highest BCUT2D eigenvalue weighted by atomic mass is 32.2. The third kappa shape index (κ3) is 2.99. The Morgan fingerprint density at radius 2 is 2.00 bits per heavy atom. The first-order valence-electron chi connectivity index (χ1n) is 4.24. The van der Waals surface area contributed by atoms with E-state index in [1.54, 1.807) is 0 Å². The molecule has 1 aromatic carbocycles. The van der Waals surface area contributed by atoms with Crippen molar-refractivity contribution in [1.82, 2.24) is 0 Å². The molecule has 0 aliphatic rings. The van der Waals surface area contributed by atoms with Crippen LogP contribution in [0.25, 0.3) is 0 Å². The van der Waals surface area contributed by atoms with Crippen LogP contribution in [-0.2, 0) is 4.18 Å². The molecule has 0 heterocycles. The second kappa shape index (κ2) is 5.91. The van der Waals surface area contributed by atoms with Crippen molar-refractivity contribution in [2.24, 2.45) is 0 Å². The van der Waals surface area contributed by atoms with Gasteiger partial charge in [-0.25, -0.2) is 17.6 Å². The maximum atomic E-state index is 13.2. The van der Waals surface area contributed by atoms with Crippen molar-refractivity contribution in [1.29, 1.82) is 0 Å². The Kier molecular flexibility index (Phi) is 4.82. The molecular formula is C10H8F4OS. The number of hydrogen-bond donors (Lipinski definition) is 0. The molecule has 6 heteroatoms. The second-order valence-electron chi connectivity index (χ2n) is 2.75. The smallest absolute Gasteiger partial charge is 0.239 e. The van der Waals surface area contributed by atoms with E-state index in [2.05, 4.69) is 10.8 Å². The van der Waals surface area contributed by atoms with E-state index in [9.17, 15) is 17.6 Å². The minimum absolute atomic E-state index is 0.297. The summed E-state index contributed by atoms with van der Waals surface area (Å²) in [6, 6.07) is 1.44. The van der Waals surface area contributed by atoms with E-state index in [4.69, 9.17) is 0 Å². The van der Waals surface area contributed by atoms with Gasteiger partial charge in [0.25, 0.3) is 0 Å². The topological polar surface area (TPSA) is 9.23 Å². The third-order valence-electron chi connectivity index (χ3n) is 1.65. The van der Waals surface area contributed by atoms with Crippen molar-refractivity contribution >= 4 is 12.0 Å². The molecule has 0 amide bonds. The molecule has 0 saturated heterocycles. The van der Waals surface area contributed by atoms with Gasteiger partial charge >= 0.3 is 0 Å². The lowest BCUT2D eigenvalue weighted by Crippen LogP contribution is -2.01. The van der Waals surface area contributed by atoms with Crippen LogP contribution in [0.5, 0.6) is 0 Å². The van der Waals surface area contributed by atoms with E-state index < -0.39 is 29.4 Å². The summed E-state index contributed by atoms with van der Waals surface area (Å²) in [5, 5.41) is 0. The van der Waals surface area contributed by atoms with Gasteiger partial charge in [0.15, 0.2) is 17.5 Å². The predicted octanol–water partition coefficient (Wildman–Crippen LogP) is 3.92. The molecule has 88 valence electrons. The average Bonchev–Trinajstić information content (AvgIpc) is 2.26. The van der Waals surface area contributed by atoms with Crippen molar-refractivity contribution in [3.05, 3.63) is 47.8 Å². The third-order valence-corrected chi connectivity index (χ3v) is 2.32. The first-order chi connectivity index (χ1) is 7.57. The molecule has 0 aliphatic heterocycles. The van der Waals surface area contributed by atoms with Gasteiger partial charge in [0.2, 0.25) is 6.36 Å². The Hall–Kier alpha value is -1.01. The summed E-state index contributed by atoms with van der Waals surface area (Å²) in [6.45, 7) is 3.37. The van der Waals surface area contributed by atoms with Gasteiger partial charge in [0.05, 0.1) is 5.56 Å². The van der Waals surface area contributed by atoms with E-state index in [1.807, 2.05) is 0 Å². The standard InChI is InChI=1S/C10H8F4OS/c1-2-5-16-15-10(14)6-3-4-7(11)9(13)8(6)12/h2-4,10H,1,5H2. The maximum absolute atomic E-state index is 13.2. The molecule has 1 nitrogen and oxygen atoms in total. The van der Waals surface area contributed by atoms with Crippen LogP contribution >= 0.6 is 12.0 Å². The molecule has 0 saturated carbocycles. The zero-order valence-electron chi connectivity index (χ0n) is 8.05. The van der Waals surface area contributed by atoms with E-state index in [0.717, 1.165) is 6.07 Å². The van der Waals surface area contributed by atoms with Gasteiger partial charge in [-0.15, -0.1) is 6.58 Å². The first-order valence-corrected chi connectivity index (χ1v) is 5.15. The van der Waals surface area contributed by atoms with Gasteiger partial charge in [-0.1, -0.05) is 6.08 Å². The summed E-state index contributed by atoms with van der Waals surface area (Å²) in [4.78, 5) is 0. The number of hydrogen-bond acceptors (Lipinski definition) is 2. The summed E-state index contributed by atoms with van der Waals surface area (Å²) in [7, 11) is 0. The molecule has 1 rings (SSSR count). The lowest BCUT2D eigenvalue weighted by atomic mass is 10.2. The number of alkyl halides is 1. The van der Waals surface area contributed by atoms with Gasteiger partial charge < -0.3 is 0 Å². The first kappa shape index (κ1) is 13.1. The van der Waals surface area contributed by atoms with Crippen molar-refractivity contribution in [2.75, 3.05) is 5.75 Å². The van der Waals surface area contributed by atoms with Crippen molar-refractivity contribution in [2.45, 2.75) is 6.36 Å². The Morgan fingerprint density at radius 1 is 1.31 bits per heavy atom. The Balaban J connectivity index is 2.79. The highest BCUT2D eigenvalue weighted by molar-refractivity contribution is 7.94. The summed E-state index contributed by atoms with van der Waals surface area (Å²) in [5.41, 5.74) is -0.671. The number of benzene rings is 1. The lowest BCUT2D eigenvalue weighted by molar-refractivity contribution is 0.0867. The van der Waals surface area contributed by atoms with Crippen LogP contribution < -0.4 is 0 Å². The maximum Gasteiger partial charge on any atom is 0.239 e. The van der Waals surface area contributed by atoms with Crippen LogP contribution in [0.2, 0.25) is 0 Å². The predicted molar refractivity (Wildman–Crippen MR) is 53.9 cm³/mol. The fraction of sp³-hybridized carbons (Fsp3) is 0.200. The monoisotopic (exact) mass is 252 g/mol. The van der Waals surface area contributed by atoms with E-state index in [0.29, 0.717) is 23.9 Å². The lowest BCUT2D eigenvalue weighted by Gasteiger charge is -2.09. The fourth-order valence-electron chi connectivity index (χ4n) is 0.915. The number of rotatable bonds is 5. The van der Waals surface area contributed by atoms with Crippen LogP contribution in [-0.4, -0.2) is 5.75 Å². The molecule has 1 aromatic rings. The van der Waals surface area contributed by atoms with Gasteiger partial charge in [-0.3, -0.25) is 4.18 Å². The minimum atomic E-state index is -2.15. The second-order valence-corrected chi connectivity index (χ2v) is 3.51. The Morgan fingerprint density at radius 3 is 2.62 bits per heavy atom.